The Morgan fingerprint density at radius 2 is 2.05 bits per heavy atom. The fourth-order valence-corrected chi connectivity index (χ4v) is 1.64. The first-order valence-electron chi connectivity index (χ1n) is 5.98. The molecular weight excluding hydrogens is 258 g/mol. The van der Waals surface area contributed by atoms with Gasteiger partial charge in [0.2, 0.25) is 0 Å². The summed E-state index contributed by atoms with van der Waals surface area (Å²) >= 11 is 0. The Kier molecular flexibility index (Phi) is 4.05. The molecule has 0 spiro atoms. The van der Waals surface area contributed by atoms with Crippen LogP contribution < -0.4 is 5.32 Å². The minimum absolute atomic E-state index is 0.0434. The molecule has 2 aromatic rings. The molecule has 1 amide bonds. The molecule has 0 saturated carbocycles. The van der Waals surface area contributed by atoms with E-state index in [0.717, 1.165) is 11.8 Å². The van der Waals surface area contributed by atoms with E-state index in [4.69, 9.17) is 5.11 Å². The average molecular weight is 271 g/mol. The van der Waals surface area contributed by atoms with Crippen LogP contribution in [0.4, 0.5) is 0 Å². The lowest BCUT2D eigenvalue weighted by Gasteiger charge is -2.13. The predicted octanol–water partition coefficient (Wildman–Crippen LogP) is 1.67. The van der Waals surface area contributed by atoms with Crippen LogP contribution >= 0.6 is 0 Å². The Morgan fingerprint density at radius 1 is 1.25 bits per heavy atom. The number of aromatic nitrogens is 2. The zero-order valence-corrected chi connectivity index (χ0v) is 10.8. The van der Waals surface area contributed by atoms with E-state index in [1.165, 1.54) is 12.1 Å². The van der Waals surface area contributed by atoms with Gasteiger partial charge in [-0.1, -0.05) is 6.07 Å². The lowest BCUT2D eigenvalue weighted by Crippen LogP contribution is -2.27. The van der Waals surface area contributed by atoms with Gasteiger partial charge in [0.15, 0.2) is 0 Å². The molecule has 0 radical (unpaired) electrons. The second-order valence-electron chi connectivity index (χ2n) is 4.22. The van der Waals surface area contributed by atoms with Crippen LogP contribution in [0.25, 0.3) is 0 Å². The maximum absolute atomic E-state index is 12.0. The van der Waals surface area contributed by atoms with Gasteiger partial charge in [-0.15, -0.1) is 0 Å². The lowest BCUT2D eigenvalue weighted by atomic mass is 10.1. The molecule has 6 nitrogen and oxygen atoms in total. The number of pyridine rings is 2. The van der Waals surface area contributed by atoms with Crippen LogP contribution in [0.2, 0.25) is 0 Å². The summed E-state index contributed by atoms with van der Waals surface area (Å²) in [5.41, 5.74) is 1.09. The highest BCUT2D eigenvalue weighted by Gasteiger charge is 2.13. The van der Waals surface area contributed by atoms with E-state index < -0.39 is 5.97 Å². The Morgan fingerprint density at radius 3 is 2.60 bits per heavy atom. The van der Waals surface area contributed by atoms with Crippen molar-refractivity contribution in [1.29, 1.82) is 0 Å². The van der Waals surface area contributed by atoms with Crippen LogP contribution in [0.3, 0.4) is 0 Å². The van der Waals surface area contributed by atoms with E-state index >= 15 is 0 Å². The summed E-state index contributed by atoms with van der Waals surface area (Å²) in [5, 5.41) is 11.5. The zero-order chi connectivity index (χ0) is 14.5. The summed E-state index contributed by atoms with van der Waals surface area (Å²) in [6.07, 6.45) is 4.49. The number of aromatic carboxylic acids is 1. The molecule has 0 bridgehead atoms. The standard InChI is InChI=1S/C14H13N3O3/c1-9(10-3-2-6-15-7-10)17-13(18)12-5-4-11(8-16-12)14(19)20/h2-9H,1H3,(H,17,18)(H,19,20). The highest BCUT2D eigenvalue weighted by Crippen LogP contribution is 2.10. The molecule has 2 N–H and O–H groups in total. The van der Waals surface area contributed by atoms with E-state index in [-0.39, 0.29) is 23.2 Å². The van der Waals surface area contributed by atoms with Crippen LogP contribution in [-0.2, 0) is 0 Å². The van der Waals surface area contributed by atoms with E-state index in [1.807, 2.05) is 13.0 Å². The van der Waals surface area contributed by atoms with Crippen molar-refractivity contribution >= 4 is 11.9 Å². The molecule has 1 unspecified atom stereocenters. The van der Waals surface area contributed by atoms with Crippen molar-refractivity contribution in [3.05, 3.63) is 59.7 Å². The molecule has 0 aliphatic heterocycles. The summed E-state index contributed by atoms with van der Waals surface area (Å²) < 4.78 is 0. The van der Waals surface area contributed by atoms with Crippen molar-refractivity contribution in [1.82, 2.24) is 15.3 Å². The third-order valence-electron chi connectivity index (χ3n) is 2.78. The SMILES string of the molecule is CC(NC(=O)c1ccc(C(=O)O)cn1)c1cccnc1. The number of carbonyl (C=O) groups excluding carboxylic acids is 1. The van der Waals surface area contributed by atoms with Gasteiger partial charge in [0.05, 0.1) is 11.6 Å². The van der Waals surface area contributed by atoms with Crippen LogP contribution in [0.5, 0.6) is 0 Å². The smallest absolute Gasteiger partial charge is 0.337 e. The second-order valence-corrected chi connectivity index (χ2v) is 4.22. The molecule has 6 heteroatoms. The Bertz CT molecular complexity index is 611. The molecule has 2 heterocycles. The molecule has 20 heavy (non-hydrogen) atoms. The summed E-state index contributed by atoms with van der Waals surface area (Å²) in [6.45, 7) is 1.83. The highest BCUT2D eigenvalue weighted by atomic mass is 16.4. The van der Waals surface area contributed by atoms with Gasteiger partial charge in [-0.25, -0.2) is 4.79 Å². The number of hydrogen-bond donors (Lipinski definition) is 2. The van der Waals surface area contributed by atoms with Crippen molar-refractivity contribution in [3.8, 4) is 0 Å². The first kappa shape index (κ1) is 13.7. The molecule has 0 aliphatic carbocycles. The molecule has 0 fully saturated rings. The Hall–Kier alpha value is -2.76. The molecule has 0 aromatic carbocycles. The zero-order valence-electron chi connectivity index (χ0n) is 10.8. The van der Waals surface area contributed by atoms with E-state index in [9.17, 15) is 9.59 Å². The molecule has 1 atom stereocenters. The van der Waals surface area contributed by atoms with E-state index in [2.05, 4.69) is 15.3 Å². The number of nitrogens with one attached hydrogen (secondary N) is 1. The van der Waals surface area contributed by atoms with Crippen molar-refractivity contribution < 1.29 is 14.7 Å². The molecule has 0 saturated heterocycles. The number of carbonyl (C=O) groups is 2. The minimum atomic E-state index is -1.08. The van der Waals surface area contributed by atoms with Gasteiger partial charge in [0, 0.05) is 18.6 Å². The number of nitrogens with zero attached hydrogens (tertiary/aromatic N) is 2. The normalized spacial score (nSPS) is 11.7. The van der Waals surface area contributed by atoms with Gasteiger partial charge in [0.1, 0.15) is 5.69 Å². The van der Waals surface area contributed by atoms with Gasteiger partial charge in [-0.3, -0.25) is 14.8 Å². The monoisotopic (exact) mass is 271 g/mol. The number of rotatable bonds is 4. The van der Waals surface area contributed by atoms with Gasteiger partial charge in [-0.05, 0) is 30.7 Å². The molecule has 102 valence electrons. The number of amides is 1. The topological polar surface area (TPSA) is 92.2 Å². The Balaban J connectivity index is 2.06. The fourth-order valence-electron chi connectivity index (χ4n) is 1.64. The second kappa shape index (κ2) is 5.92. The lowest BCUT2D eigenvalue weighted by molar-refractivity contribution is 0.0695. The van der Waals surface area contributed by atoms with Gasteiger partial charge in [-0.2, -0.15) is 0 Å². The minimum Gasteiger partial charge on any atom is -0.478 e. The molecule has 2 rings (SSSR count). The molecular formula is C14H13N3O3. The fraction of sp³-hybridized carbons (Fsp3) is 0.143. The first-order chi connectivity index (χ1) is 9.58. The number of carboxylic acids is 1. The first-order valence-corrected chi connectivity index (χ1v) is 5.98. The summed E-state index contributed by atoms with van der Waals surface area (Å²) in [5.74, 6) is -1.44. The predicted molar refractivity (Wildman–Crippen MR) is 71.3 cm³/mol. The highest BCUT2D eigenvalue weighted by molar-refractivity contribution is 5.93. The van der Waals surface area contributed by atoms with Crippen LogP contribution in [0.1, 0.15) is 39.4 Å². The van der Waals surface area contributed by atoms with Gasteiger partial charge >= 0.3 is 5.97 Å². The van der Waals surface area contributed by atoms with Crippen molar-refractivity contribution in [2.75, 3.05) is 0 Å². The number of carboxylic acid groups (broad SMARTS) is 1. The van der Waals surface area contributed by atoms with Gasteiger partial charge < -0.3 is 10.4 Å². The maximum atomic E-state index is 12.0. The molecule has 0 aliphatic rings. The van der Waals surface area contributed by atoms with Crippen molar-refractivity contribution in [2.24, 2.45) is 0 Å². The largest absolute Gasteiger partial charge is 0.478 e. The third-order valence-corrected chi connectivity index (χ3v) is 2.78. The summed E-state index contributed by atoms with van der Waals surface area (Å²) in [6, 6.07) is 6.17. The molecule has 2 aromatic heterocycles. The third kappa shape index (κ3) is 3.17. The quantitative estimate of drug-likeness (QED) is 0.882. The maximum Gasteiger partial charge on any atom is 0.337 e. The number of hydrogen-bond acceptors (Lipinski definition) is 4. The average Bonchev–Trinajstić information content (AvgIpc) is 2.48. The van der Waals surface area contributed by atoms with Crippen molar-refractivity contribution in [2.45, 2.75) is 13.0 Å². The summed E-state index contributed by atoms with van der Waals surface area (Å²) in [7, 11) is 0. The van der Waals surface area contributed by atoms with Crippen LogP contribution in [-0.4, -0.2) is 27.0 Å². The van der Waals surface area contributed by atoms with E-state index in [0.29, 0.717) is 0 Å². The van der Waals surface area contributed by atoms with Gasteiger partial charge in [0.25, 0.3) is 5.91 Å². The van der Waals surface area contributed by atoms with Crippen LogP contribution in [0.15, 0.2) is 42.9 Å². The van der Waals surface area contributed by atoms with E-state index in [1.54, 1.807) is 18.5 Å². The Labute approximate surface area is 115 Å². The summed E-state index contributed by atoms with van der Waals surface area (Å²) in [4.78, 5) is 30.5. The van der Waals surface area contributed by atoms with Crippen molar-refractivity contribution in [3.63, 3.8) is 0 Å². The van der Waals surface area contributed by atoms with Crippen LogP contribution in [0, 0.1) is 0 Å².